The standard InChI is InChI=1S/C12H23NO2S2/c1-2-12(16-8-9-17-12)7-5-3-4-6-10(13)11(14)15/h10H,2-9,13H2,1H3,(H,14,15)/t10-/m0/s1. The van der Waals surface area contributed by atoms with E-state index in [1.807, 2.05) is 0 Å². The van der Waals surface area contributed by atoms with Gasteiger partial charge in [-0.2, -0.15) is 0 Å². The second kappa shape index (κ2) is 7.54. The maximum absolute atomic E-state index is 10.5. The Kier molecular flexibility index (Phi) is 6.74. The molecule has 1 atom stereocenters. The lowest BCUT2D eigenvalue weighted by atomic mass is 10.1. The van der Waals surface area contributed by atoms with Crippen molar-refractivity contribution in [2.45, 2.75) is 55.6 Å². The van der Waals surface area contributed by atoms with Crippen molar-refractivity contribution in [3.8, 4) is 0 Å². The van der Waals surface area contributed by atoms with Gasteiger partial charge in [0.2, 0.25) is 0 Å². The van der Waals surface area contributed by atoms with Crippen LogP contribution in [0.2, 0.25) is 0 Å². The molecule has 100 valence electrons. The molecule has 5 heteroatoms. The van der Waals surface area contributed by atoms with Gasteiger partial charge in [-0.25, -0.2) is 0 Å². The smallest absolute Gasteiger partial charge is 0.320 e. The minimum absolute atomic E-state index is 0.453. The molecule has 1 saturated heterocycles. The molecule has 0 aromatic rings. The fraction of sp³-hybridized carbons (Fsp3) is 0.917. The second-order valence-corrected chi connectivity index (χ2v) is 7.72. The number of thioether (sulfide) groups is 2. The number of carboxylic acids is 1. The molecule has 0 bridgehead atoms. The van der Waals surface area contributed by atoms with Crippen LogP contribution in [0, 0.1) is 0 Å². The van der Waals surface area contributed by atoms with E-state index in [1.54, 1.807) is 0 Å². The van der Waals surface area contributed by atoms with Gasteiger partial charge < -0.3 is 10.8 Å². The van der Waals surface area contributed by atoms with Gasteiger partial charge in [0.25, 0.3) is 0 Å². The molecule has 1 heterocycles. The molecule has 0 unspecified atom stereocenters. The van der Waals surface area contributed by atoms with Crippen molar-refractivity contribution in [3.05, 3.63) is 0 Å². The van der Waals surface area contributed by atoms with Crippen molar-refractivity contribution in [1.82, 2.24) is 0 Å². The van der Waals surface area contributed by atoms with Crippen LogP contribution in [0.4, 0.5) is 0 Å². The maximum Gasteiger partial charge on any atom is 0.320 e. The lowest BCUT2D eigenvalue weighted by Gasteiger charge is -2.25. The van der Waals surface area contributed by atoms with Gasteiger partial charge in [0.15, 0.2) is 0 Å². The number of hydrogen-bond donors (Lipinski definition) is 2. The van der Waals surface area contributed by atoms with E-state index in [9.17, 15) is 4.79 Å². The summed E-state index contributed by atoms with van der Waals surface area (Å²) in [6, 6.07) is -0.676. The fourth-order valence-electron chi connectivity index (χ4n) is 2.08. The molecule has 0 aromatic heterocycles. The molecule has 1 rings (SSSR count). The number of aliphatic carboxylic acids is 1. The molecule has 1 aliphatic rings. The van der Waals surface area contributed by atoms with Crippen molar-refractivity contribution in [1.29, 1.82) is 0 Å². The SMILES string of the molecule is CCC1(CCCCC[C@H](N)C(=O)O)SCCS1. The number of hydrogen-bond acceptors (Lipinski definition) is 4. The molecule has 0 aliphatic carbocycles. The van der Waals surface area contributed by atoms with Gasteiger partial charge in [0.1, 0.15) is 6.04 Å². The summed E-state index contributed by atoms with van der Waals surface area (Å²) in [5.74, 6) is 1.68. The number of unbranched alkanes of at least 4 members (excludes halogenated alkanes) is 2. The third kappa shape index (κ3) is 5.10. The summed E-state index contributed by atoms with van der Waals surface area (Å²) in [6.07, 6.45) is 6.32. The summed E-state index contributed by atoms with van der Waals surface area (Å²) >= 11 is 4.21. The minimum Gasteiger partial charge on any atom is -0.480 e. The molecule has 0 spiro atoms. The van der Waals surface area contributed by atoms with E-state index in [2.05, 4.69) is 30.4 Å². The zero-order chi connectivity index (χ0) is 12.7. The third-order valence-corrected chi connectivity index (χ3v) is 7.06. The van der Waals surface area contributed by atoms with Crippen LogP contribution in [-0.2, 0) is 4.79 Å². The van der Waals surface area contributed by atoms with E-state index in [-0.39, 0.29) is 0 Å². The molecule has 1 fully saturated rings. The van der Waals surface area contributed by atoms with Crippen LogP contribution in [0.15, 0.2) is 0 Å². The summed E-state index contributed by atoms with van der Waals surface area (Å²) < 4.78 is 0.453. The monoisotopic (exact) mass is 277 g/mol. The molecule has 0 saturated carbocycles. The van der Waals surface area contributed by atoms with Crippen LogP contribution in [0.3, 0.4) is 0 Å². The predicted octanol–water partition coefficient (Wildman–Crippen LogP) is 2.94. The van der Waals surface area contributed by atoms with E-state index in [0.717, 1.165) is 12.8 Å². The molecule has 0 amide bonds. The van der Waals surface area contributed by atoms with Crippen LogP contribution in [0.25, 0.3) is 0 Å². The largest absolute Gasteiger partial charge is 0.480 e. The first kappa shape index (κ1) is 15.2. The van der Waals surface area contributed by atoms with Gasteiger partial charge in [0, 0.05) is 11.5 Å². The number of carboxylic acid groups (broad SMARTS) is 1. The van der Waals surface area contributed by atoms with Gasteiger partial charge in [-0.1, -0.05) is 26.2 Å². The summed E-state index contributed by atoms with van der Waals surface area (Å²) in [5.41, 5.74) is 5.47. The molecule has 0 aromatic carbocycles. The predicted molar refractivity (Wildman–Crippen MR) is 76.6 cm³/mol. The molecule has 1 aliphatic heterocycles. The Labute approximate surface area is 112 Å². The van der Waals surface area contributed by atoms with Crippen LogP contribution in [-0.4, -0.2) is 32.7 Å². The zero-order valence-electron chi connectivity index (χ0n) is 10.5. The van der Waals surface area contributed by atoms with E-state index < -0.39 is 12.0 Å². The highest BCUT2D eigenvalue weighted by molar-refractivity contribution is 8.21. The van der Waals surface area contributed by atoms with Crippen molar-refractivity contribution in [3.63, 3.8) is 0 Å². The van der Waals surface area contributed by atoms with Crippen LogP contribution in [0.1, 0.15) is 45.4 Å². The van der Waals surface area contributed by atoms with E-state index in [4.69, 9.17) is 10.8 Å². The quantitative estimate of drug-likeness (QED) is 0.668. The lowest BCUT2D eigenvalue weighted by molar-refractivity contribution is -0.138. The Morgan fingerprint density at radius 1 is 1.35 bits per heavy atom. The highest BCUT2D eigenvalue weighted by atomic mass is 32.2. The summed E-state index contributed by atoms with van der Waals surface area (Å²) in [5, 5.41) is 8.66. The minimum atomic E-state index is -0.878. The van der Waals surface area contributed by atoms with Gasteiger partial charge in [0.05, 0.1) is 4.08 Å². The first-order valence-electron chi connectivity index (χ1n) is 6.36. The Hall–Kier alpha value is 0.130. The molecule has 3 nitrogen and oxygen atoms in total. The van der Waals surface area contributed by atoms with E-state index >= 15 is 0 Å². The Bertz CT molecular complexity index is 243. The van der Waals surface area contributed by atoms with Crippen molar-refractivity contribution in [2.75, 3.05) is 11.5 Å². The maximum atomic E-state index is 10.5. The van der Waals surface area contributed by atoms with Gasteiger partial charge in [-0.05, 0) is 19.3 Å². The summed E-state index contributed by atoms with van der Waals surface area (Å²) in [7, 11) is 0. The topological polar surface area (TPSA) is 63.3 Å². The Morgan fingerprint density at radius 2 is 2.00 bits per heavy atom. The van der Waals surface area contributed by atoms with Gasteiger partial charge in [-0.15, -0.1) is 23.5 Å². The lowest BCUT2D eigenvalue weighted by Crippen LogP contribution is -2.29. The average molecular weight is 277 g/mol. The number of nitrogens with two attached hydrogens (primary N) is 1. The molecule has 0 radical (unpaired) electrons. The second-order valence-electron chi connectivity index (χ2n) is 4.51. The summed E-state index contributed by atoms with van der Waals surface area (Å²) in [4.78, 5) is 10.5. The van der Waals surface area contributed by atoms with Crippen molar-refractivity contribution >= 4 is 29.5 Å². The highest BCUT2D eigenvalue weighted by Gasteiger charge is 2.32. The first-order chi connectivity index (χ1) is 8.09. The van der Waals surface area contributed by atoms with E-state index in [0.29, 0.717) is 10.5 Å². The highest BCUT2D eigenvalue weighted by Crippen LogP contribution is 2.49. The number of rotatable bonds is 8. The Balaban J connectivity index is 2.09. The van der Waals surface area contributed by atoms with Crippen molar-refractivity contribution in [2.24, 2.45) is 5.73 Å². The van der Waals surface area contributed by atoms with Crippen LogP contribution >= 0.6 is 23.5 Å². The van der Waals surface area contributed by atoms with Gasteiger partial charge >= 0.3 is 5.97 Å². The van der Waals surface area contributed by atoms with Crippen LogP contribution < -0.4 is 5.73 Å². The summed E-state index contributed by atoms with van der Waals surface area (Å²) in [6.45, 7) is 2.27. The normalized spacial score (nSPS) is 20.4. The first-order valence-corrected chi connectivity index (χ1v) is 8.33. The molecule has 3 N–H and O–H groups in total. The molecular formula is C12H23NO2S2. The number of carbonyl (C=O) groups is 1. The zero-order valence-corrected chi connectivity index (χ0v) is 12.1. The molecular weight excluding hydrogens is 254 g/mol. The van der Waals surface area contributed by atoms with Crippen LogP contribution in [0.5, 0.6) is 0 Å². The molecule has 17 heavy (non-hydrogen) atoms. The Morgan fingerprint density at radius 3 is 2.53 bits per heavy atom. The van der Waals surface area contributed by atoms with Gasteiger partial charge in [-0.3, -0.25) is 4.79 Å². The third-order valence-electron chi connectivity index (χ3n) is 3.24. The van der Waals surface area contributed by atoms with E-state index in [1.165, 1.54) is 30.8 Å². The van der Waals surface area contributed by atoms with Crippen molar-refractivity contribution < 1.29 is 9.90 Å². The fourth-order valence-corrected chi connectivity index (χ4v) is 5.31. The average Bonchev–Trinajstić information content (AvgIpc) is 2.77.